The molecule has 3 rings (SSSR count). The number of aromatic amines is 1. The van der Waals surface area contributed by atoms with Gasteiger partial charge in [0.2, 0.25) is 15.9 Å². The maximum Gasteiger partial charge on any atom is 0.265 e. The van der Waals surface area contributed by atoms with E-state index in [0.29, 0.717) is 11.3 Å². The molecule has 1 unspecified atom stereocenters. The molecule has 0 radical (unpaired) electrons. The fourth-order valence-electron chi connectivity index (χ4n) is 2.40. The van der Waals surface area contributed by atoms with Gasteiger partial charge in [-0.15, -0.1) is 0 Å². The van der Waals surface area contributed by atoms with Crippen LogP contribution in [0, 0.1) is 0 Å². The zero-order chi connectivity index (χ0) is 16.1. The van der Waals surface area contributed by atoms with Crippen molar-refractivity contribution in [3.8, 4) is 0 Å². The van der Waals surface area contributed by atoms with E-state index in [9.17, 15) is 22.0 Å². The molecule has 11 heteroatoms. The van der Waals surface area contributed by atoms with E-state index in [2.05, 4.69) is 10.2 Å². The maximum atomic E-state index is 13.0. The zero-order valence-corrected chi connectivity index (χ0v) is 12.5. The number of halogens is 2. The van der Waals surface area contributed by atoms with E-state index in [4.69, 9.17) is 5.73 Å². The average molecular weight is 348 g/mol. The number of amides is 1. The Kier molecular flexibility index (Phi) is 3.50. The minimum Gasteiger partial charge on any atom is -0.368 e. The highest BCUT2D eigenvalue weighted by molar-refractivity contribution is 7.89. The summed E-state index contributed by atoms with van der Waals surface area (Å²) in [7, 11) is -4.29. The number of aromatic nitrogens is 2. The largest absolute Gasteiger partial charge is 0.368 e. The molecule has 3 heterocycles. The van der Waals surface area contributed by atoms with Crippen molar-refractivity contribution in [3.05, 3.63) is 33.8 Å². The van der Waals surface area contributed by atoms with Gasteiger partial charge in [0.1, 0.15) is 10.9 Å². The van der Waals surface area contributed by atoms with Crippen LogP contribution < -0.4 is 5.73 Å². The van der Waals surface area contributed by atoms with Gasteiger partial charge in [0.15, 0.2) is 0 Å². The highest BCUT2D eigenvalue weighted by Gasteiger charge is 2.44. The van der Waals surface area contributed by atoms with E-state index < -0.39 is 38.9 Å². The van der Waals surface area contributed by atoms with Gasteiger partial charge in [-0.1, -0.05) is 0 Å². The Hall–Kier alpha value is -1.85. The van der Waals surface area contributed by atoms with Crippen LogP contribution in [0.1, 0.15) is 29.3 Å². The lowest BCUT2D eigenvalue weighted by Crippen LogP contribution is -2.37. The number of hydrogen-bond donors (Lipinski definition) is 2. The van der Waals surface area contributed by atoms with Gasteiger partial charge in [-0.2, -0.15) is 20.7 Å². The van der Waals surface area contributed by atoms with E-state index in [1.165, 1.54) is 6.20 Å². The van der Waals surface area contributed by atoms with Crippen molar-refractivity contribution in [1.82, 2.24) is 14.5 Å². The standard InChI is InChI=1S/C11H10F2N4O3S2/c12-10(13)6-3-21-4-8(6)22(19,20)17-2-7-5(1-15-16-7)9(17)11(14)18/h1,3-4,9-10H,2H2,(H2,14,18)(H,15,16). The van der Waals surface area contributed by atoms with E-state index >= 15 is 0 Å². The molecule has 2 aromatic rings. The molecule has 3 N–H and O–H groups in total. The summed E-state index contributed by atoms with van der Waals surface area (Å²) in [4.78, 5) is 11.1. The molecular weight excluding hydrogens is 338 g/mol. The molecule has 2 aromatic heterocycles. The van der Waals surface area contributed by atoms with Crippen LogP contribution in [0.15, 0.2) is 21.9 Å². The highest BCUT2D eigenvalue weighted by Crippen LogP contribution is 2.39. The van der Waals surface area contributed by atoms with E-state index in [-0.39, 0.29) is 6.54 Å². The van der Waals surface area contributed by atoms with Crippen LogP contribution in [0.3, 0.4) is 0 Å². The number of nitrogens with zero attached hydrogens (tertiary/aromatic N) is 2. The molecule has 0 saturated heterocycles. The number of rotatable bonds is 4. The van der Waals surface area contributed by atoms with Crippen molar-refractivity contribution in [2.45, 2.75) is 23.9 Å². The van der Waals surface area contributed by atoms with Crippen molar-refractivity contribution in [2.24, 2.45) is 5.73 Å². The van der Waals surface area contributed by atoms with Crippen LogP contribution in [0.4, 0.5) is 8.78 Å². The monoisotopic (exact) mass is 348 g/mol. The van der Waals surface area contributed by atoms with Crippen molar-refractivity contribution < 1.29 is 22.0 Å². The Labute approximate surface area is 127 Å². The lowest BCUT2D eigenvalue weighted by Gasteiger charge is -2.22. The van der Waals surface area contributed by atoms with Gasteiger partial charge in [-0.05, 0) is 0 Å². The number of thiophene rings is 1. The molecule has 1 atom stereocenters. The number of carbonyl (C=O) groups is 1. The average Bonchev–Trinajstić information content (AvgIpc) is 3.12. The Morgan fingerprint density at radius 2 is 2.23 bits per heavy atom. The summed E-state index contributed by atoms with van der Waals surface area (Å²) in [5.41, 5.74) is 5.45. The summed E-state index contributed by atoms with van der Waals surface area (Å²) < 4.78 is 52.0. The summed E-state index contributed by atoms with van der Waals surface area (Å²) in [5, 5.41) is 8.51. The Bertz CT molecular complexity index is 830. The van der Waals surface area contributed by atoms with E-state index in [0.717, 1.165) is 26.4 Å². The molecule has 0 spiro atoms. The summed E-state index contributed by atoms with van der Waals surface area (Å²) in [6.07, 6.45) is -1.62. The molecule has 0 aliphatic carbocycles. The van der Waals surface area contributed by atoms with E-state index in [1.807, 2.05) is 0 Å². The normalized spacial score (nSPS) is 18.8. The van der Waals surface area contributed by atoms with Crippen molar-refractivity contribution in [2.75, 3.05) is 0 Å². The number of fused-ring (bicyclic) bond motifs is 1. The van der Waals surface area contributed by atoms with Crippen molar-refractivity contribution in [1.29, 1.82) is 0 Å². The zero-order valence-electron chi connectivity index (χ0n) is 10.9. The van der Waals surface area contributed by atoms with Crippen LogP contribution in [-0.2, 0) is 21.4 Å². The van der Waals surface area contributed by atoms with Gasteiger partial charge >= 0.3 is 0 Å². The Morgan fingerprint density at radius 3 is 2.86 bits per heavy atom. The van der Waals surface area contributed by atoms with Crippen molar-refractivity contribution in [3.63, 3.8) is 0 Å². The first kappa shape index (κ1) is 15.1. The molecule has 0 bridgehead atoms. The number of alkyl halides is 2. The molecule has 22 heavy (non-hydrogen) atoms. The predicted molar refractivity (Wildman–Crippen MR) is 72.5 cm³/mol. The minimum atomic E-state index is -4.29. The second-order valence-electron chi connectivity index (χ2n) is 4.65. The first-order chi connectivity index (χ1) is 10.3. The van der Waals surface area contributed by atoms with Crippen LogP contribution in [0.25, 0.3) is 0 Å². The number of nitrogens with two attached hydrogens (primary N) is 1. The first-order valence-electron chi connectivity index (χ1n) is 6.01. The molecule has 1 aliphatic rings. The van der Waals surface area contributed by atoms with Gasteiger partial charge in [-0.25, -0.2) is 17.2 Å². The smallest absolute Gasteiger partial charge is 0.265 e. The number of primary amides is 1. The third kappa shape index (κ3) is 2.12. The van der Waals surface area contributed by atoms with Crippen LogP contribution in [-0.4, -0.2) is 28.8 Å². The SMILES string of the molecule is NC(=O)C1c2cn[nH]c2CN1S(=O)(=O)c1cscc1C(F)F. The Balaban J connectivity index is 2.08. The Morgan fingerprint density at radius 1 is 1.50 bits per heavy atom. The van der Waals surface area contributed by atoms with Crippen molar-refractivity contribution >= 4 is 27.3 Å². The van der Waals surface area contributed by atoms with E-state index in [1.54, 1.807) is 0 Å². The summed E-state index contributed by atoms with van der Waals surface area (Å²) in [6.45, 7) is -0.177. The molecule has 1 aliphatic heterocycles. The molecular formula is C11H10F2N4O3S2. The van der Waals surface area contributed by atoms with Gasteiger partial charge < -0.3 is 5.73 Å². The number of H-pyrrole nitrogens is 1. The molecule has 7 nitrogen and oxygen atoms in total. The molecule has 118 valence electrons. The third-order valence-electron chi connectivity index (χ3n) is 3.39. The van der Waals surface area contributed by atoms with Crippen LogP contribution in [0.5, 0.6) is 0 Å². The fraction of sp³-hybridized carbons (Fsp3) is 0.273. The second kappa shape index (κ2) is 5.11. The number of sulfonamides is 1. The predicted octanol–water partition coefficient (Wildman–Crippen LogP) is 1.14. The van der Waals surface area contributed by atoms with Gasteiger partial charge in [0, 0.05) is 21.9 Å². The maximum absolute atomic E-state index is 13.0. The lowest BCUT2D eigenvalue weighted by molar-refractivity contribution is -0.121. The van der Waals surface area contributed by atoms with Crippen LogP contribution >= 0.6 is 11.3 Å². The number of nitrogens with one attached hydrogen (secondary N) is 1. The minimum absolute atomic E-state index is 0.177. The molecule has 0 aromatic carbocycles. The topological polar surface area (TPSA) is 109 Å². The summed E-state index contributed by atoms with van der Waals surface area (Å²) >= 11 is 0.854. The second-order valence-corrected chi connectivity index (χ2v) is 7.25. The van der Waals surface area contributed by atoms with Gasteiger partial charge in [0.25, 0.3) is 6.43 Å². The highest BCUT2D eigenvalue weighted by atomic mass is 32.2. The number of hydrogen-bond acceptors (Lipinski definition) is 5. The van der Waals surface area contributed by atoms with Gasteiger partial charge in [-0.3, -0.25) is 9.89 Å². The first-order valence-corrected chi connectivity index (χ1v) is 8.40. The lowest BCUT2D eigenvalue weighted by atomic mass is 10.1. The number of carbonyl (C=O) groups excluding carboxylic acids is 1. The molecule has 0 fully saturated rings. The quantitative estimate of drug-likeness (QED) is 0.863. The summed E-state index contributed by atoms with van der Waals surface area (Å²) in [5.74, 6) is -0.891. The third-order valence-corrected chi connectivity index (χ3v) is 6.17. The summed E-state index contributed by atoms with van der Waals surface area (Å²) in [6, 6.07) is -1.26. The van der Waals surface area contributed by atoms with Gasteiger partial charge in [0.05, 0.1) is 18.4 Å². The fourth-order valence-corrected chi connectivity index (χ4v) is 5.32. The molecule has 1 amide bonds. The molecule has 0 saturated carbocycles. The van der Waals surface area contributed by atoms with Crippen LogP contribution in [0.2, 0.25) is 0 Å².